The number of hydrogen-bond donors (Lipinski definition) is 0. The van der Waals surface area contributed by atoms with Crippen molar-refractivity contribution in [3.63, 3.8) is 0 Å². The zero-order valence-corrected chi connectivity index (χ0v) is 17.8. The topological polar surface area (TPSA) is 173 Å². The number of halogens is 2. The zero-order chi connectivity index (χ0) is 23.4. The third kappa shape index (κ3) is 5.16. The van der Waals surface area contributed by atoms with Crippen LogP contribution in [0.1, 0.15) is 11.4 Å². The molecule has 0 bridgehead atoms. The van der Waals surface area contributed by atoms with Gasteiger partial charge in [-0.1, -0.05) is 28.4 Å². The van der Waals surface area contributed by atoms with Crippen molar-refractivity contribution in [3.05, 3.63) is 78.6 Å². The van der Waals surface area contributed by atoms with Gasteiger partial charge in [0.25, 0.3) is 11.4 Å². The molecule has 4 aromatic heterocycles. The first-order valence-electron chi connectivity index (χ1n) is 8.54. The van der Waals surface area contributed by atoms with E-state index < -0.39 is 9.85 Å². The largest absolute Gasteiger partial charge is 0.289 e. The first-order chi connectivity index (χ1) is 15.2. The highest BCUT2D eigenvalue weighted by atomic mass is 35.5. The molecule has 14 nitrogen and oxygen atoms in total. The summed E-state index contributed by atoms with van der Waals surface area (Å²) in [4.78, 5) is 28.8. The molecule has 0 saturated carbocycles. The maximum absolute atomic E-state index is 10.5. The van der Waals surface area contributed by atoms with Crippen LogP contribution in [0.4, 0.5) is 11.4 Å². The van der Waals surface area contributed by atoms with E-state index >= 15 is 0 Å². The van der Waals surface area contributed by atoms with Crippen LogP contribution in [0.5, 0.6) is 0 Å². The molecule has 4 aromatic rings. The van der Waals surface area contributed by atoms with Crippen LogP contribution in [0, 0.1) is 34.1 Å². The Kier molecular flexibility index (Phi) is 6.65. The van der Waals surface area contributed by atoms with E-state index in [0.717, 1.165) is 12.4 Å². The summed E-state index contributed by atoms with van der Waals surface area (Å²) < 4.78 is 1.36. The van der Waals surface area contributed by atoms with Crippen LogP contribution in [-0.4, -0.2) is 49.8 Å². The van der Waals surface area contributed by atoms with E-state index in [2.05, 4.69) is 30.5 Å². The Labute approximate surface area is 188 Å². The van der Waals surface area contributed by atoms with Crippen LogP contribution < -0.4 is 0 Å². The SMILES string of the molecule is Cc1cn(-c2ncc([N+](=O)[O-])cc2Cl)nn1.Cc1cnn(-c2ncc([N+](=O)[O-])cc2Cl)n1. The number of nitro groups is 2. The molecule has 16 heteroatoms. The Morgan fingerprint density at radius 2 is 1.44 bits per heavy atom. The molecule has 0 aliphatic carbocycles. The first-order valence-corrected chi connectivity index (χ1v) is 9.30. The second-order valence-electron chi connectivity index (χ2n) is 6.09. The highest BCUT2D eigenvalue weighted by Crippen LogP contribution is 2.23. The molecule has 0 aliphatic heterocycles. The molecule has 0 saturated heterocycles. The van der Waals surface area contributed by atoms with Crippen LogP contribution in [-0.2, 0) is 0 Å². The van der Waals surface area contributed by atoms with E-state index in [1.165, 1.54) is 21.6 Å². The minimum atomic E-state index is -0.565. The summed E-state index contributed by atoms with van der Waals surface area (Å²) >= 11 is 11.7. The van der Waals surface area contributed by atoms with E-state index in [9.17, 15) is 20.2 Å². The van der Waals surface area contributed by atoms with Gasteiger partial charge in [0, 0.05) is 12.1 Å². The predicted molar refractivity (Wildman–Crippen MR) is 111 cm³/mol. The van der Waals surface area contributed by atoms with Crippen molar-refractivity contribution in [2.45, 2.75) is 13.8 Å². The van der Waals surface area contributed by atoms with Gasteiger partial charge in [-0.05, 0) is 13.8 Å². The normalized spacial score (nSPS) is 10.4. The average molecular weight is 479 g/mol. The lowest BCUT2D eigenvalue weighted by atomic mass is 10.4. The minimum Gasteiger partial charge on any atom is -0.258 e. The van der Waals surface area contributed by atoms with Gasteiger partial charge in [-0.2, -0.15) is 10.2 Å². The quantitative estimate of drug-likeness (QED) is 0.313. The van der Waals surface area contributed by atoms with Crippen LogP contribution in [0.2, 0.25) is 10.0 Å². The van der Waals surface area contributed by atoms with Gasteiger partial charge in [0.2, 0.25) is 0 Å². The number of pyridine rings is 2. The van der Waals surface area contributed by atoms with Gasteiger partial charge in [0.15, 0.2) is 11.6 Å². The third-order valence-electron chi connectivity index (χ3n) is 3.66. The highest BCUT2D eigenvalue weighted by Gasteiger charge is 2.14. The average Bonchev–Trinajstić information content (AvgIpc) is 3.36. The van der Waals surface area contributed by atoms with Crippen molar-refractivity contribution in [2.75, 3.05) is 0 Å². The van der Waals surface area contributed by atoms with Gasteiger partial charge in [-0.15, -0.1) is 9.90 Å². The fraction of sp³-hybridized carbons (Fsp3) is 0.125. The fourth-order valence-corrected chi connectivity index (χ4v) is 2.73. The molecule has 0 unspecified atom stereocenters. The maximum Gasteiger partial charge on any atom is 0.289 e. The lowest BCUT2D eigenvalue weighted by Gasteiger charge is -2.00. The van der Waals surface area contributed by atoms with E-state index in [1.807, 2.05) is 0 Å². The molecule has 0 aromatic carbocycles. The Bertz CT molecular complexity index is 1210. The molecule has 4 rings (SSSR count). The smallest absolute Gasteiger partial charge is 0.258 e. The molecular weight excluding hydrogens is 467 g/mol. The Balaban J connectivity index is 0.000000181. The van der Waals surface area contributed by atoms with Crippen molar-refractivity contribution in [1.82, 2.24) is 40.0 Å². The van der Waals surface area contributed by atoms with Crippen molar-refractivity contribution in [2.24, 2.45) is 0 Å². The molecule has 0 spiro atoms. The number of rotatable bonds is 4. The molecular formula is C16H12Cl2N10O4. The molecule has 0 atom stereocenters. The summed E-state index contributed by atoms with van der Waals surface area (Å²) in [5.41, 5.74) is 1.08. The standard InChI is InChI=1S/2C8H6ClN5O2/c1-5-4-13(12-11-5)8-7(9)2-6(3-10-8)14(15)16;1-5-3-11-13(12-5)8-7(9)2-6(4-10-8)14(15)16/h2*2-4H,1H3. The molecule has 0 amide bonds. The summed E-state index contributed by atoms with van der Waals surface area (Å²) in [5, 5.41) is 36.7. The maximum atomic E-state index is 10.5. The predicted octanol–water partition coefficient (Wildman–Crippen LogP) is 3.06. The van der Waals surface area contributed by atoms with Crippen molar-refractivity contribution in [1.29, 1.82) is 0 Å². The Morgan fingerprint density at radius 3 is 1.84 bits per heavy atom. The monoisotopic (exact) mass is 478 g/mol. The molecule has 0 aliphatic rings. The molecule has 4 heterocycles. The second kappa shape index (κ2) is 9.40. The lowest BCUT2D eigenvalue weighted by molar-refractivity contribution is -0.385. The number of nitrogens with zero attached hydrogens (tertiary/aromatic N) is 10. The summed E-state index contributed by atoms with van der Waals surface area (Å²) in [5.74, 6) is 0.577. The van der Waals surface area contributed by atoms with E-state index in [1.54, 1.807) is 26.2 Å². The van der Waals surface area contributed by atoms with Gasteiger partial charge < -0.3 is 0 Å². The summed E-state index contributed by atoms with van der Waals surface area (Å²) in [6.07, 6.45) is 5.40. The van der Waals surface area contributed by atoms with Crippen molar-refractivity contribution in [3.8, 4) is 11.6 Å². The second-order valence-corrected chi connectivity index (χ2v) is 6.91. The van der Waals surface area contributed by atoms with Gasteiger partial charge in [-0.25, -0.2) is 14.6 Å². The van der Waals surface area contributed by atoms with E-state index in [0.29, 0.717) is 17.2 Å². The third-order valence-corrected chi connectivity index (χ3v) is 4.21. The number of hydrogen-bond acceptors (Lipinski definition) is 10. The van der Waals surface area contributed by atoms with Crippen molar-refractivity contribution >= 4 is 34.6 Å². The van der Waals surface area contributed by atoms with E-state index in [4.69, 9.17) is 23.2 Å². The van der Waals surface area contributed by atoms with Gasteiger partial charge in [-0.3, -0.25) is 20.2 Å². The lowest BCUT2D eigenvalue weighted by Crippen LogP contribution is -2.03. The summed E-state index contributed by atoms with van der Waals surface area (Å²) in [6.45, 7) is 3.53. The molecule has 164 valence electrons. The highest BCUT2D eigenvalue weighted by molar-refractivity contribution is 6.32. The molecule has 0 radical (unpaired) electrons. The van der Waals surface area contributed by atoms with Gasteiger partial charge >= 0.3 is 0 Å². The summed E-state index contributed by atoms with van der Waals surface area (Å²) in [7, 11) is 0. The Morgan fingerprint density at radius 1 is 0.875 bits per heavy atom. The van der Waals surface area contributed by atoms with Crippen LogP contribution in [0.15, 0.2) is 36.9 Å². The van der Waals surface area contributed by atoms with Gasteiger partial charge in [0.1, 0.15) is 12.4 Å². The van der Waals surface area contributed by atoms with Crippen LogP contribution >= 0.6 is 23.2 Å². The van der Waals surface area contributed by atoms with Gasteiger partial charge in [0.05, 0.1) is 43.7 Å². The Hall–Kier alpha value is -4.04. The number of aryl methyl sites for hydroxylation is 2. The molecule has 32 heavy (non-hydrogen) atoms. The summed E-state index contributed by atoms with van der Waals surface area (Å²) in [6, 6.07) is 2.43. The minimum absolute atomic E-state index is 0.129. The van der Waals surface area contributed by atoms with E-state index in [-0.39, 0.29) is 27.2 Å². The van der Waals surface area contributed by atoms with Crippen LogP contribution in [0.3, 0.4) is 0 Å². The van der Waals surface area contributed by atoms with Crippen LogP contribution in [0.25, 0.3) is 11.6 Å². The molecule has 0 N–H and O–H groups in total. The first kappa shape index (κ1) is 22.6. The fourth-order valence-electron chi connectivity index (χ4n) is 2.25. The van der Waals surface area contributed by atoms with Crippen molar-refractivity contribution < 1.29 is 9.85 Å². The molecule has 0 fully saturated rings. The number of aromatic nitrogens is 8. The zero-order valence-electron chi connectivity index (χ0n) is 16.3.